The zero-order valence-electron chi connectivity index (χ0n) is 10.4. The Bertz CT molecular complexity index is 424. The quantitative estimate of drug-likeness (QED) is 0.807. The van der Waals surface area contributed by atoms with Crippen LogP contribution in [0.1, 0.15) is 31.1 Å². The van der Waals surface area contributed by atoms with Crippen molar-refractivity contribution in [1.82, 2.24) is 4.98 Å². The minimum absolute atomic E-state index is 0.0624. The Morgan fingerprint density at radius 2 is 2.00 bits per heavy atom. The lowest BCUT2D eigenvalue weighted by Gasteiger charge is -2.21. The molecule has 1 rings (SSSR count). The Hall–Kier alpha value is -1.75. The van der Waals surface area contributed by atoms with Gasteiger partial charge < -0.3 is 10.1 Å². The number of carbonyl (C=O) groups is 2. The molecule has 0 aliphatic rings. The summed E-state index contributed by atoms with van der Waals surface area (Å²) < 4.78 is 5.04. The van der Waals surface area contributed by atoms with E-state index in [1.807, 2.05) is 0 Å². The van der Waals surface area contributed by atoms with E-state index in [1.165, 1.54) is 20.2 Å². The number of nitrogens with zero attached hydrogens (tertiary/aromatic N) is 1. The molecule has 1 heterocycles. The lowest BCUT2D eigenvalue weighted by Crippen LogP contribution is -2.39. The van der Waals surface area contributed by atoms with Crippen molar-refractivity contribution in [3.8, 4) is 0 Å². The monoisotopic (exact) mass is 236 g/mol. The molecule has 0 fully saturated rings. The van der Waals surface area contributed by atoms with Gasteiger partial charge in [-0.15, -0.1) is 0 Å². The van der Waals surface area contributed by atoms with Crippen LogP contribution in [0.4, 0.5) is 5.82 Å². The highest BCUT2D eigenvalue weighted by Crippen LogP contribution is 2.12. The van der Waals surface area contributed by atoms with E-state index in [0.29, 0.717) is 11.4 Å². The van der Waals surface area contributed by atoms with Gasteiger partial charge in [-0.05, 0) is 32.9 Å². The van der Waals surface area contributed by atoms with Gasteiger partial charge in [0.1, 0.15) is 11.4 Å². The Morgan fingerprint density at radius 1 is 1.35 bits per heavy atom. The molecule has 0 radical (unpaired) electrons. The summed E-state index contributed by atoms with van der Waals surface area (Å²) >= 11 is 0. The van der Waals surface area contributed by atoms with Gasteiger partial charge in [0.15, 0.2) is 5.78 Å². The molecule has 0 aromatic carbocycles. The topological polar surface area (TPSA) is 68.3 Å². The molecule has 0 atom stereocenters. The number of rotatable bonds is 4. The van der Waals surface area contributed by atoms with Gasteiger partial charge in [0.05, 0.1) is 0 Å². The number of aromatic nitrogens is 1. The van der Waals surface area contributed by atoms with Crippen LogP contribution in [-0.2, 0) is 9.53 Å². The summed E-state index contributed by atoms with van der Waals surface area (Å²) in [5, 5.41) is 2.61. The highest BCUT2D eigenvalue weighted by atomic mass is 16.5. The number of methoxy groups -OCH3 is 1. The second kappa shape index (κ2) is 5.05. The minimum atomic E-state index is -0.916. The maximum Gasteiger partial charge on any atom is 0.257 e. The molecule has 1 amide bonds. The fourth-order valence-electron chi connectivity index (χ4n) is 1.04. The van der Waals surface area contributed by atoms with Crippen LogP contribution < -0.4 is 5.32 Å². The zero-order valence-corrected chi connectivity index (χ0v) is 10.4. The molecular formula is C12H16N2O3. The molecule has 1 aromatic rings. The number of nitrogens with one attached hydrogen (secondary N) is 1. The average molecular weight is 236 g/mol. The van der Waals surface area contributed by atoms with E-state index >= 15 is 0 Å². The van der Waals surface area contributed by atoms with E-state index in [4.69, 9.17) is 4.74 Å². The summed E-state index contributed by atoms with van der Waals surface area (Å²) in [4.78, 5) is 26.8. The minimum Gasteiger partial charge on any atom is -0.369 e. The molecule has 1 N–H and O–H groups in total. The van der Waals surface area contributed by atoms with E-state index in [0.717, 1.165) is 0 Å². The van der Waals surface area contributed by atoms with Crippen molar-refractivity contribution in [2.75, 3.05) is 12.4 Å². The number of carbonyl (C=O) groups excluding carboxylic acids is 2. The molecule has 0 aliphatic carbocycles. The number of Topliss-reactive ketones (excluding diaryl/α,β-unsaturated/α-hetero) is 1. The summed E-state index contributed by atoms with van der Waals surface area (Å²) in [6.07, 6.45) is 1.43. The predicted molar refractivity (Wildman–Crippen MR) is 64.0 cm³/mol. The van der Waals surface area contributed by atoms with Crippen LogP contribution in [0.15, 0.2) is 18.3 Å². The van der Waals surface area contributed by atoms with Gasteiger partial charge in [-0.25, -0.2) is 4.98 Å². The van der Waals surface area contributed by atoms with Crippen LogP contribution in [0, 0.1) is 0 Å². The summed E-state index contributed by atoms with van der Waals surface area (Å²) in [5.74, 6) is 0.0424. The largest absolute Gasteiger partial charge is 0.369 e. The predicted octanol–water partition coefficient (Wildman–Crippen LogP) is 1.65. The molecule has 5 heteroatoms. The number of ketones is 1. The van der Waals surface area contributed by atoms with Crippen LogP contribution in [0.2, 0.25) is 0 Å². The number of anilines is 1. The first-order valence-electron chi connectivity index (χ1n) is 5.20. The van der Waals surface area contributed by atoms with Crippen LogP contribution >= 0.6 is 0 Å². The summed E-state index contributed by atoms with van der Waals surface area (Å²) in [5.41, 5.74) is -0.407. The highest BCUT2D eigenvalue weighted by Gasteiger charge is 2.27. The van der Waals surface area contributed by atoms with Crippen LogP contribution in [0.25, 0.3) is 0 Å². The Labute approximate surface area is 100 Å². The molecule has 0 bridgehead atoms. The standard InChI is InChI=1S/C12H16N2O3/c1-8(15)9-5-6-10(13-7-9)14-11(16)12(2,3)17-4/h5-7H,1-4H3,(H,13,14,16). The van der Waals surface area contributed by atoms with Crippen LogP contribution in [-0.4, -0.2) is 29.4 Å². The molecule has 0 unspecified atom stereocenters. The molecule has 0 saturated carbocycles. The smallest absolute Gasteiger partial charge is 0.257 e. The van der Waals surface area contributed by atoms with E-state index < -0.39 is 5.60 Å². The second-order valence-electron chi connectivity index (χ2n) is 4.16. The number of ether oxygens (including phenoxy) is 1. The highest BCUT2D eigenvalue weighted by molar-refractivity contribution is 5.97. The van der Waals surface area contributed by atoms with Gasteiger partial charge >= 0.3 is 0 Å². The SMILES string of the molecule is COC(C)(C)C(=O)Nc1ccc(C(C)=O)cn1. The van der Waals surface area contributed by atoms with Crippen molar-refractivity contribution in [1.29, 1.82) is 0 Å². The van der Waals surface area contributed by atoms with Crippen LogP contribution in [0.5, 0.6) is 0 Å². The number of amides is 1. The molecule has 92 valence electrons. The fraction of sp³-hybridized carbons (Fsp3) is 0.417. The summed E-state index contributed by atoms with van der Waals surface area (Å²) in [6, 6.07) is 3.20. The summed E-state index contributed by atoms with van der Waals surface area (Å²) in [6.45, 7) is 4.78. The maximum atomic E-state index is 11.7. The van der Waals surface area contributed by atoms with Crippen molar-refractivity contribution in [2.45, 2.75) is 26.4 Å². The second-order valence-corrected chi connectivity index (χ2v) is 4.16. The van der Waals surface area contributed by atoms with Crippen LogP contribution in [0.3, 0.4) is 0 Å². The van der Waals surface area contributed by atoms with Gasteiger partial charge in [0.25, 0.3) is 5.91 Å². The first-order valence-corrected chi connectivity index (χ1v) is 5.20. The molecule has 0 aliphatic heterocycles. The first-order chi connectivity index (χ1) is 7.86. The van der Waals surface area contributed by atoms with Crippen molar-refractivity contribution in [2.24, 2.45) is 0 Å². The zero-order chi connectivity index (χ0) is 13.1. The Morgan fingerprint density at radius 3 is 2.41 bits per heavy atom. The lowest BCUT2D eigenvalue weighted by atomic mass is 10.1. The third-order valence-electron chi connectivity index (χ3n) is 2.47. The number of hydrogen-bond acceptors (Lipinski definition) is 4. The normalized spacial score (nSPS) is 11.1. The first kappa shape index (κ1) is 13.3. The Balaban J connectivity index is 2.76. The van der Waals surface area contributed by atoms with E-state index in [2.05, 4.69) is 10.3 Å². The van der Waals surface area contributed by atoms with E-state index in [-0.39, 0.29) is 11.7 Å². The van der Waals surface area contributed by atoms with Gasteiger partial charge in [-0.1, -0.05) is 0 Å². The lowest BCUT2D eigenvalue weighted by molar-refractivity contribution is -0.133. The van der Waals surface area contributed by atoms with Gasteiger partial charge in [-0.2, -0.15) is 0 Å². The molecular weight excluding hydrogens is 220 g/mol. The number of hydrogen-bond donors (Lipinski definition) is 1. The van der Waals surface area contributed by atoms with Crippen molar-refractivity contribution in [3.05, 3.63) is 23.9 Å². The molecule has 5 nitrogen and oxygen atoms in total. The summed E-state index contributed by atoms with van der Waals surface area (Å²) in [7, 11) is 1.46. The van der Waals surface area contributed by atoms with Crippen molar-refractivity contribution >= 4 is 17.5 Å². The van der Waals surface area contributed by atoms with Gasteiger partial charge in [-0.3, -0.25) is 9.59 Å². The van der Waals surface area contributed by atoms with E-state index in [9.17, 15) is 9.59 Å². The Kier molecular flexibility index (Phi) is 3.96. The van der Waals surface area contributed by atoms with Gasteiger partial charge in [0.2, 0.25) is 0 Å². The average Bonchev–Trinajstić information content (AvgIpc) is 2.29. The number of pyridine rings is 1. The maximum absolute atomic E-state index is 11.7. The van der Waals surface area contributed by atoms with Gasteiger partial charge in [0, 0.05) is 18.9 Å². The fourth-order valence-corrected chi connectivity index (χ4v) is 1.04. The third kappa shape index (κ3) is 3.35. The van der Waals surface area contributed by atoms with Crippen molar-refractivity contribution < 1.29 is 14.3 Å². The molecule has 0 spiro atoms. The molecule has 0 saturated heterocycles. The third-order valence-corrected chi connectivity index (χ3v) is 2.47. The van der Waals surface area contributed by atoms with Crippen molar-refractivity contribution in [3.63, 3.8) is 0 Å². The molecule has 1 aromatic heterocycles. The van der Waals surface area contributed by atoms with E-state index in [1.54, 1.807) is 26.0 Å². The molecule has 17 heavy (non-hydrogen) atoms.